The fourth-order valence-electron chi connectivity index (χ4n) is 3.89. The van der Waals surface area contributed by atoms with Crippen molar-refractivity contribution < 1.29 is 9.13 Å². The minimum absolute atomic E-state index is 0.103. The quantitative estimate of drug-likeness (QED) is 0.867. The number of hydrogen-bond acceptors (Lipinski definition) is 4. The SMILES string of the molecule is CN1CC2CC1C2c1cccc(OCc2ccc(C#N)cc2F)n1. The monoisotopic (exact) mass is 323 g/mol. The lowest BCUT2D eigenvalue weighted by Crippen LogP contribution is -2.36. The maximum atomic E-state index is 13.9. The first kappa shape index (κ1) is 15.1. The van der Waals surface area contributed by atoms with Gasteiger partial charge < -0.3 is 9.64 Å². The van der Waals surface area contributed by atoms with Crippen LogP contribution >= 0.6 is 0 Å². The summed E-state index contributed by atoms with van der Waals surface area (Å²) in [6, 6.07) is 12.7. The van der Waals surface area contributed by atoms with Gasteiger partial charge in [-0.3, -0.25) is 0 Å². The lowest BCUT2D eigenvalue weighted by atomic mass is 9.72. The van der Waals surface area contributed by atoms with Crippen molar-refractivity contribution >= 4 is 0 Å². The summed E-state index contributed by atoms with van der Waals surface area (Å²) in [6.45, 7) is 1.24. The van der Waals surface area contributed by atoms with Gasteiger partial charge in [0, 0.05) is 35.8 Å². The zero-order valence-electron chi connectivity index (χ0n) is 13.4. The Morgan fingerprint density at radius 1 is 1.38 bits per heavy atom. The number of ether oxygens (including phenoxy) is 1. The first-order chi connectivity index (χ1) is 11.7. The molecule has 2 aliphatic heterocycles. The molecule has 2 aromatic rings. The molecule has 0 radical (unpaired) electrons. The highest BCUT2D eigenvalue weighted by atomic mass is 19.1. The lowest BCUT2D eigenvalue weighted by Gasteiger charge is -2.35. The molecule has 3 aliphatic rings. The average molecular weight is 323 g/mol. The summed E-state index contributed by atoms with van der Waals surface area (Å²) >= 11 is 0. The second-order valence-corrected chi connectivity index (χ2v) is 6.64. The number of benzene rings is 1. The maximum Gasteiger partial charge on any atom is 0.213 e. The minimum Gasteiger partial charge on any atom is -0.473 e. The van der Waals surface area contributed by atoms with Gasteiger partial charge >= 0.3 is 0 Å². The third-order valence-corrected chi connectivity index (χ3v) is 5.20. The molecule has 4 nitrogen and oxygen atoms in total. The van der Waals surface area contributed by atoms with E-state index < -0.39 is 5.82 Å². The number of hydrogen-bond donors (Lipinski definition) is 0. The molecule has 122 valence electrons. The highest BCUT2D eigenvalue weighted by Gasteiger charge is 2.51. The van der Waals surface area contributed by atoms with Crippen molar-refractivity contribution in [3.63, 3.8) is 0 Å². The second kappa shape index (κ2) is 5.88. The van der Waals surface area contributed by atoms with E-state index in [0.29, 0.717) is 34.9 Å². The van der Waals surface area contributed by atoms with E-state index >= 15 is 0 Å². The van der Waals surface area contributed by atoms with Crippen LogP contribution in [0.4, 0.5) is 4.39 Å². The van der Waals surface area contributed by atoms with Gasteiger partial charge in [-0.05, 0) is 37.6 Å². The number of pyridine rings is 1. The first-order valence-electron chi connectivity index (χ1n) is 8.14. The van der Waals surface area contributed by atoms with Crippen molar-refractivity contribution in [2.24, 2.45) is 5.92 Å². The van der Waals surface area contributed by atoms with E-state index in [1.807, 2.05) is 12.1 Å². The topological polar surface area (TPSA) is 49.1 Å². The van der Waals surface area contributed by atoms with Gasteiger partial charge in [0.2, 0.25) is 5.88 Å². The third kappa shape index (κ3) is 2.53. The number of nitriles is 1. The van der Waals surface area contributed by atoms with Gasteiger partial charge in [-0.1, -0.05) is 12.1 Å². The molecule has 5 rings (SSSR count). The van der Waals surface area contributed by atoms with Crippen LogP contribution in [0.1, 0.15) is 29.2 Å². The molecule has 3 heterocycles. The molecule has 2 bridgehead atoms. The Morgan fingerprint density at radius 3 is 2.92 bits per heavy atom. The standard InChI is InChI=1S/C19H18FN3O/c1-23-10-14-8-17(23)19(14)16-3-2-4-18(22-16)24-11-13-6-5-12(9-21)7-15(13)20/h2-7,14,17,19H,8,10-11H2,1H3. The summed E-state index contributed by atoms with van der Waals surface area (Å²) in [5.74, 6) is 1.28. The fourth-order valence-corrected chi connectivity index (χ4v) is 3.89. The summed E-state index contributed by atoms with van der Waals surface area (Å²) in [6.07, 6.45) is 1.25. The predicted octanol–water partition coefficient (Wildman–Crippen LogP) is 3.09. The second-order valence-electron chi connectivity index (χ2n) is 6.64. The zero-order valence-corrected chi connectivity index (χ0v) is 13.4. The molecular formula is C19H18FN3O. The van der Waals surface area contributed by atoms with E-state index in [-0.39, 0.29) is 6.61 Å². The fraction of sp³-hybridized carbons (Fsp3) is 0.368. The molecule has 1 aromatic carbocycles. The molecule has 0 N–H and O–H groups in total. The number of aromatic nitrogens is 1. The van der Waals surface area contributed by atoms with E-state index in [4.69, 9.17) is 10.00 Å². The Balaban J connectivity index is 1.46. The molecular weight excluding hydrogens is 305 g/mol. The van der Waals surface area contributed by atoms with Crippen molar-refractivity contribution in [3.8, 4) is 11.9 Å². The summed E-state index contributed by atoms with van der Waals surface area (Å²) in [4.78, 5) is 7.02. The van der Waals surface area contributed by atoms with Crippen LogP contribution < -0.4 is 4.74 Å². The Hall–Kier alpha value is -2.45. The number of fused-ring (bicyclic) bond motifs is 1. The van der Waals surface area contributed by atoms with Crippen molar-refractivity contribution in [1.82, 2.24) is 9.88 Å². The van der Waals surface area contributed by atoms with Crippen LogP contribution in [0.25, 0.3) is 0 Å². The van der Waals surface area contributed by atoms with Crippen molar-refractivity contribution in [3.05, 3.63) is 59.0 Å². The Labute approximate surface area is 140 Å². The predicted molar refractivity (Wildman–Crippen MR) is 87.0 cm³/mol. The molecule has 1 aromatic heterocycles. The number of nitrogens with zero attached hydrogens (tertiary/aromatic N) is 3. The molecule has 1 saturated carbocycles. The van der Waals surface area contributed by atoms with Gasteiger partial charge in [0.05, 0.1) is 11.6 Å². The summed E-state index contributed by atoms with van der Waals surface area (Å²) in [5.41, 5.74) is 1.80. The smallest absolute Gasteiger partial charge is 0.213 e. The average Bonchev–Trinajstić information content (AvgIpc) is 3.10. The van der Waals surface area contributed by atoms with Gasteiger partial charge in [0.25, 0.3) is 0 Å². The molecule has 24 heavy (non-hydrogen) atoms. The van der Waals surface area contributed by atoms with Crippen molar-refractivity contribution in [1.29, 1.82) is 5.26 Å². The molecule has 2 saturated heterocycles. The Kier molecular flexibility index (Phi) is 3.70. The largest absolute Gasteiger partial charge is 0.473 e. The normalized spacial score (nSPS) is 25.1. The minimum atomic E-state index is -0.427. The maximum absolute atomic E-state index is 13.9. The van der Waals surface area contributed by atoms with Crippen molar-refractivity contribution in [2.45, 2.75) is 25.0 Å². The van der Waals surface area contributed by atoms with Crippen LogP contribution in [0, 0.1) is 23.1 Å². The van der Waals surface area contributed by atoms with Crippen LogP contribution in [0.5, 0.6) is 5.88 Å². The van der Waals surface area contributed by atoms with Crippen LogP contribution in [-0.2, 0) is 6.61 Å². The zero-order chi connectivity index (χ0) is 16.7. The molecule has 5 heteroatoms. The summed E-state index contributed by atoms with van der Waals surface area (Å²) < 4.78 is 19.6. The van der Waals surface area contributed by atoms with E-state index in [1.54, 1.807) is 18.2 Å². The molecule has 0 spiro atoms. The van der Waals surface area contributed by atoms with E-state index in [1.165, 1.54) is 12.5 Å². The molecule has 3 fully saturated rings. The van der Waals surface area contributed by atoms with Crippen LogP contribution in [-0.4, -0.2) is 29.5 Å². The van der Waals surface area contributed by atoms with Crippen LogP contribution in [0.15, 0.2) is 36.4 Å². The number of halogens is 1. The van der Waals surface area contributed by atoms with Gasteiger partial charge in [0.1, 0.15) is 12.4 Å². The van der Waals surface area contributed by atoms with E-state index in [0.717, 1.165) is 12.2 Å². The Morgan fingerprint density at radius 2 is 2.25 bits per heavy atom. The number of likely N-dealkylation sites (N-methyl/N-ethyl adjacent to an activating group) is 1. The molecule has 1 aliphatic carbocycles. The molecule has 3 atom stereocenters. The highest BCUT2D eigenvalue weighted by molar-refractivity contribution is 5.33. The summed E-state index contributed by atoms with van der Waals surface area (Å²) in [5, 5.41) is 8.78. The molecule has 3 unspecified atom stereocenters. The number of rotatable bonds is 4. The first-order valence-corrected chi connectivity index (χ1v) is 8.14. The van der Waals surface area contributed by atoms with Gasteiger partial charge in [-0.2, -0.15) is 5.26 Å². The van der Waals surface area contributed by atoms with Crippen molar-refractivity contribution in [2.75, 3.05) is 13.6 Å². The van der Waals surface area contributed by atoms with Gasteiger partial charge in [0.15, 0.2) is 0 Å². The summed E-state index contributed by atoms with van der Waals surface area (Å²) in [7, 11) is 2.17. The molecule has 0 amide bonds. The van der Waals surface area contributed by atoms with Crippen LogP contribution in [0.2, 0.25) is 0 Å². The van der Waals surface area contributed by atoms with E-state index in [2.05, 4.69) is 23.0 Å². The third-order valence-electron chi connectivity index (χ3n) is 5.20. The van der Waals surface area contributed by atoms with Gasteiger partial charge in [-0.15, -0.1) is 0 Å². The lowest BCUT2D eigenvalue weighted by molar-refractivity contribution is 0.231. The van der Waals surface area contributed by atoms with Crippen LogP contribution in [0.3, 0.4) is 0 Å². The van der Waals surface area contributed by atoms with E-state index in [9.17, 15) is 4.39 Å². The van der Waals surface area contributed by atoms with Gasteiger partial charge in [-0.25, -0.2) is 9.37 Å². The Bertz CT molecular complexity index is 816. The highest BCUT2D eigenvalue weighted by Crippen LogP contribution is 2.51.